The number of hydrogen-bond acceptors (Lipinski definition) is 8. The number of hydrogen-bond donors (Lipinski definition) is 5. The zero-order valence-corrected chi connectivity index (χ0v) is 10.4. The van der Waals surface area contributed by atoms with E-state index in [0.29, 0.717) is 0 Å². The van der Waals surface area contributed by atoms with Gasteiger partial charge in [0.1, 0.15) is 24.4 Å². The lowest BCUT2D eigenvalue weighted by molar-refractivity contribution is -0.248. The first-order valence-corrected chi connectivity index (χ1v) is 6.43. The van der Waals surface area contributed by atoms with Gasteiger partial charge in [0.05, 0.1) is 6.61 Å². The summed E-state index contributed by atoms with van der Waals surface area (Å²) in [6.07, 6.45) is -6.73. The fourth-order valence-electron chi connectivity index (χ4n) is 1.68. The first kappa shape index (κ1) is 14.6. The molecule has 1 fully saturated rings. The molecule has 0 radical (unpaired) electrons. The number of nitrogens with one attached hydrogen (secondary N) is 1. The second-order valence-electron chi connectivity index (χ2n) is 3.82. The van der Waals surface area contributed by atoms with Crippen LogP contribution >= 0.6 is 0 Å². The van der Waals surface area contributed by atoms with Crippen LogP contribution in [-0.2, 0) is 24.1 Å². The molecule has 0 saturated carbocycles. The number of carbonyl (C=O) groups is 1. The Kier molecular flexibility index (Phi) is 4.67. The summed E-state index contributed by atoms with van der Waals surface area (Å²) in [5.74, 6) is -0.857. The van der Waals surface area contributed by atoms with Crippen molar-refractivity contribution in [2.24, 2.45) is 0 Å². The van der Waals surface area contributed by atoms with Gasteiger partial charge < -0.3 is 25.4 Å². The Morgan fingerprint density at radius 3 is 2.63 bits per heavy atom. The molecule has 5 atom stereocenters. The van der Waals surface area contributed by atoms with E-state index in [1.165, 1.54) is 0 Å². The third kappa shape index (κ3) is 4.35. The maximum atomic E-state index is 11.1. The van der Waals surface area contributed by atoms with Crippen molar-refractivity contribution in [3.05, 3.63) is 0 Å². The number of aliphatic hydroxyl groups is 3. The van der Waals surface area contributed by atoms with Crippen LogP contribution < -0.4 is 5.32 Å². The molecule has 0 bridgehead atoms. The van der Waals surface area contributed by atoms with E-state index in [0.717, 1.165) is 0 Å². The highest BCUT2D eigenvalue weighted by Gasteiger charge is 2.47. The van der Waals surface area contributed by atoms with E-state index in [4.69, 9.17) is 15.8 Å². The molecule has 0 aromatic carbocycles. The van der Waals surface area contributed by atoms with Gasteiger partial charge in [-0.2, -0.15) is 8.42 Å². The first-order chi connectivity index (χ1) is 9.19. The van der Waals surface area contributed by atoms with Crippen LogP contribution in [0.2, 0.25) is 0 Å². The fraction of sp³-hybridized carbons (Fsp3) is 0.875. The Bertz CT molecular complexity index is 443. The zero-order chi connectivity index (χ0) is 15.5. The van der Waals surface area contributed by atoms with Gasteiger partial charge in [0.25, 0.3) is 0 Å². The average Bonchev–Trinajstić information content (AvgIpc) is 2.35. The lowest BCUT2D eigenvalue weighted by atomic mass is 9.97. The van der Waals surface area contributed by atoms with Gasteiger partial charge in [-0.15, -0.1) is 0 Å². The van der Waals surface area contributed by atoms with Crippen molar-refractivity contribution < 1.29 is 43.4 Å². The Morgan fingerprint density at radius 1 is 1.53 bits per heavy atom. The van der Waals surface area contributed by atoms with Gasteiger partial charge in [0.2, 0.25) is 5.91 Å². The molecule has 112 valence electrons. The van der Waals surface area contributed by atoms with Crippen LogP contribution in [0.1, 0.15) is 8.27 Å². The quantitative estimate of drug-likeness (QED) is 0.335. The summed E-state index contributed by atoms with van der Waals surface area (Å²) in [6, 6.07) is -1.48. The molecule has 11 heteroatoms. The maximum Gasteiger partial charge on any atom is 0.397 e. The Balaban J connectivity index is 2.92. The number of carbonyl (C=O) groups excluding carboxylic acids is 1. The second-order valence-corrected chi connectivity index (χ2v) is 4.87. The molecule has 1 heterocycles. The Labute approximate surface area is 110 Å². The summed E-state index contributed by atoms with van der Waals surface area (Å²) in [5.41, 5.74) is 0. The van der Waals surface area contributed by atoms with Crippen molar-refractivity contribution in [2.75, 3.05) is 6.61 Å². The number of aliphatic hydroxyl groups excluding tert-OH is 3. The largest absolute Gasteiger partial charge is 0.397 e. The van der Waals surface area contributed by atoms with Crippen LogP contribution in [-0.4, -0.2) is 71.4 Å². The minimum Gasteiger partial charge on any atom is -0.394 e. The molecule has 1 aliphatic rings. The summed E-state index contributed by atoms with van der Waals surface area (Å²) >= 11 is 0. The molecule has 19 heavy (non-hydrogen) atoms. The maximum absolute atomic E-state index is 11.1. The summed E-state index contributed by atoms with van der Waals surface area (Å²) in [6.45, 7) is -1.50. The molecular formula is C8H15NO9S. The van der Waals surface area contributed by atoms with Gasteiger partial charge >= 0.3 is 10.4 Å². The molecule has 0 aliphatic carbocycles. The van der Waals surface area contributed by atoms with Crippen LogP contribution in [0.3, 0.4) is 0 Å². The molecule has 1 aliphatic heterocycles. The molecule has 1 unspecified atom stereocenters. The van der Waals surface area contributed by atoms with E-state index in [1.54, 1.807) is 0 Å². The lowest BCUT2D eigenvalue weighted by Gasteiger charge is -2.41. The molecule has 0 aromatic rings. The summed E-state index contributed by atoms with van der Waals surface area (Å²) in [5, 5.41) is 30.5. The third-order valence-electron chi connectivity index (χ3n) is 2.43. The van der Waals surface area contributed by atoms with E-state index >= 15 is 0 Å². The Morgan fingerprint density at radius 2 is 2.16 bits per heavy atom. The average molecular weight is 302 g/mol. The SMILES string of the molecule is [2H]CC(=O)N[C@H]1C(O)O[C@H](CO)[C@H](OS(=O)(=O)O)[C@@H]1O. The van der Waals surface area contributed by atoms with Crippen molar-refractivity contribution in [3.8, 4) is 0 Å². The highest BCUT2D eigenvalue weighted by atomic mass is 32.3. The van der Waals surface area contributed by atoms with Gasteiger partial charge in [-0.3, -0.25) is 9.35 Å². The van der Waals surface area contributed by atoms with Crippen molar-refractivity contribution in [1.82, 2.24) is 5.32 Å². The van der Waals surface area contributed by atoms with E-state index in [1.807, 2.05) is 5.32 Å². The summed E-state index contributed by atoms with van der Waals surface area (Å²) in [4.78, 5) is 11.1. The molecule has 0 spiro atoms. The number of amides is 1. The third-order valence-corrected chi connectivity index (χ3v) is 2.90. The predicted molar refractivity (Wildman–Crippen MR) is 58.0 cm³/mol. The van der Waals surface area contributed by atoms with Gasteiger partial charge in [0, 0.05) is 8.27 Å². The topological polar surface area (TPSA) is 163 Å². The standard InChI is InChI=1S/C8H15NO9S/c1-3(11)9-5-6(12)7(18-19(14,15)16)4(2-10)17-8(5)13/h4-8,10,12-13H,2H2,1H3,(H,9,11)(H,14,15,16)/t4-,5-,6-,7+,8?/m1/s1/i1D. The molecule has 5 N–H and O–H groups in total. The van der Waals surface area contributed by atoms with Crippen molar-refractivity contribution in [1.29, 1.82) is 0 Å². The van der Waals surface area contributed by atoms with Crippen molar-refractivity contribution in [3.63, 3.8) is 0 Å². The van der Waals surface area contributed by atoms with E-state index < -0.39 is 60.5 Å². The first-order valence-electron chi connectivity index (χ1n) is 5.77. The molecule has 1 saturated heterocycles. The van der Waals surface area contributed by atoms with Crippen LogP contribution in [0, 0.1) is 0 Å². The second kappa shape index (κ2) is 6.09. The molecule has 0 aromatic heterocycles. The minimum absolute atomic E-state index is 0.691. The van der Waals surface area contributed by atoms with Crippen LogP contribution in [0.15, 0.2) is 0 Å². The summed E-state index contributed by atoms with van der Waals surface area (Å²) in [7, 11) is -4.96. The minimum atomic E-state index is -4.96. The molecular weight excluding hydrogens is 286 g/mol. The highest BCUT2D eigenvalue weighted by molar-refractivity contribution is 7.80. The normalized spacial score (nSPS) is 36.6. The zero-order valence-electron chi connectivity index (χ0n) is 10.5. The van der Waals surface area contributed by atoms with Crippen LogP contribution in [0.5, 0.6) is 0 Å². The van der Waals surface area contributed by atoms with Gasteiger partial charge in [0.15, 0.2) is 6.29 Å². The van der Waals surface area contributed by atoms with Gasteiger partial charge in [-0.25, -0.2) is 4.18 Å². The Hall–Kier alpha value is -0.820. The van der Waals surface area contributed by atoms with Crippen molar-refractivity contribution >= 4 is 16.3 Å². The monoisotopic (exact) mass is 302 g/mol. The smallest absolute Gasteiger partial charge is 0.394 e. The fourth-order valence-corrected chi connectivity index (χ4v) is 2.20. The lowest BCUT2D eigenvalue weighted by Crippen LogP contribution is -2.64. The van der Waals surface area contributed by atoms with E-state index in [-0.39, 0.29) is 0 Å². The highest BCUT2D eigenvalue weighted by Crippen LogP contribution is 2.23. The number of rotatable bonds is 4. The van der Waals surface area contributed by atoms with Gasteiger partial charge in [-0.1, -0.05) is 0 Å². The van der Waals surface area contributed by atoms with E-state index in [2.05, 4.69) is 4.18 Å². The van der Waals surface area contributed by atoms with E-state index in [9.17, 15) is 23.4 Å². The van der Waals surface area contributed by atoms with Crippen molar-refractivity contribution in [2.45, 2.75) is 37.5 Å². The summed E-state index contributed by atoms with van der Waals surface area (Å²) < 4.78 is 45.7. The van der Waals surface area contributed by atoms with Gasteiger partial charge in [-0.05, 0) is 0 Å². The number of ether oxygens (including phenoxy) is 1. The predicted octanol–water partition coefficient (Wildman–Crippen LogP) is -3.25. The van der Waals surface area contributed by atoms with Crippen LogP contribution in [0.25, 0.3) is 0 Å². The molecule has 1 rings (SSSR count). The molecule has 1 amide bonds. The van der Waals surface area contributed by atoms with Crippen LogP contribution in [0.4, 0.5) is 0 Å². The molecule has 10 nitrogen and oxygen atoms in total.